The van der Waals surface area contributed by atoms with E-state index >= 15 is 0 Å². The second kappa shape index (κ2) is 11.8. The van der Waals surface area contributed by atoms with Gasteiger partial charge in [-0.3, -0.25) is 9.89 Å². The van der Waals surface area contributed by atoms with Gasteiger partial charge in [0.1, 0.15) is 5.76 Å². The highest BCUT2D eigenvalue weighted by atomic mass is 127. The fourth-order valence-corrected chi connectivity index (χ4v) is 5.22. The van der Waals surface area contributed by atoms with Gasteiger partial charge in [-0.2, -0.15) is 0 Å². The third-order valence-electron chi connectivity index (χ3n) is 7.20. The maximum Gasteiger partial charge on any atom is 0.208 e. The molecule has 31 heavy (non-hydrogen) atoms. The van der Waals surface area contributed by atoms with Gasteiger partial charge in [0, 0.05) is 33.2 Å². The van der Waals surface area contributed by atoms with Crippen LogP contribution in [0.15, 0.2) is 9.41 Å². The first-order valence-electron chi connectivity index (χ1n) is 11.9. The molecule has 1 atom stereocenters. The summed E-state index contributed by atoms with van der Waals surface area (Å²) in [6.07, 6.45) is 6.52. The van der Waals surface area contributed by atoms with Gasteiger partial charge in [0.25, 0.3) is 0 Å². The lowest BCUT2D eigenvalue weighted by molar-refractivity contribution is 0.163. The third-order valence-corrected chi connectivity index (χ3v) is 7.20. The lowest BCUT2D eigenvalue weighted by Gasteiger charge is -2.32. The van der Waals surface area contributed by atoms with Crippen LogP contribution in [0.5, 0.6) is 0 Å². The maximum absolute atomic E-state index is 5.76. The van der Waals surface area contributed by atoms with Crippen molar-refractivity contribution in [2.24, 2.45) is 16.8 Å². The Morgan fingerprint density at radius 3 is 2.39 bits per heavy atom. The second-order valence-corrected chi connectivity index (χ2v) is 9.51. The largest absolute Gasteiger partial charge is 0.444 e. The van der Waals surface area contributed by atoms with Crippen molar-refractivity contribution in [2.75, 3.05) is 59.4 Å². The number of aryl methyl sites for hydroxylation is 2. The minimum absolute atomic E-state index is 0. The number of aliphatic imine (C=N–C) groups is 1. The number of piperidine rings is 1. The smallest absolute Gasteiger partial charge is 0.208 e. The zero-order chi connectivity index (χ0) is 20.9. The highest BCUT2D eigenvalue weighted by molar-refractivity contribution is 14.0. The summed E-state index contributed by atoms with van der Waals surface area (Å²) in [6, 6.07) is 0. The van der Waals surface area contributed by atoms with Crippen molar-refractivity contribution >= 4 is 29.9 Å². The highest BCUT2D eigenvalue weighted by Crippen LogP contribution is 2.21. The van der Waals surface area contributed by atoms with E-state index in [1.54, 1.807) is 0 Å². The summed E-state index contributed by atoms with van der Waals surface area (Å²) >= 11 is 0. The van der Waals surface area contributed by atoms with Crippen molar-refractivity contribution in [3.05, 3.63) is 17.3 Å². The first-order chi connectivity index (χ1) is 14.6. The first-order valence-corrected chi connectivity index (χ1v) is 11.9. The predicted molar refractivity (Wildman–Crippen MR) is 136 cm³/mol. The fraction of sp³-hybridized carbons (Fsp3) is 0.826. The zero-order valence-electron chi connectivity index (χ0n) is 19.6. The van der Waals surface area contributed by atoms with Gasteiger partial charge in [-0.25, -0.2) is 4.98 Å². The van der Waals surface area contributed by atoms with E-state index in [4.69, 9.17) is 4.42 Å². The molecular formula is C23H41IN6O. The van der Waals surface area contributed by atoms with E-state index in [2.05, 4.69) is 30.0 Å². The van der Waals surface area contributed by atoms with Crippen molar-refractivity contribution < 1.29 is 4.42 Å². The van der Waals surface area contributed by atoms with E-state index in [0.717, 1.165) is 68.5 Å². The summed E-state index contributed by atoms with van der Waals surface area (Å²) in [6.45, 7) is 14.3. The summed E-state index contributed by atoms with van der Waals surface area (Å²) < 4.78 is 5.76. The Bertz CT molecular complexity index is 689. The SMILES string of the molecule is CN=C(NCC1CCN(Cc2nc(C)c(C)o2)CC1)N1CCC(CN2CCCC2)C1.I. The van der Waals surface area contributed by atoms with Crippen LogP contribution in [0.3, 0.4) is 0 Å². The van der Waals surface area contributed by atoms with Gasteiger partial charge in [0.15, 0.2) is 5.96 Å². The highest BCUT2D eigenvalue weighted by Gasteiger charge is 2.28. The molecule has 3 aliphatic heterocycles. The quantitative estimate of drug-likeness (QED) is 0.338. The number of nitrogens with one attached hydrogen (secondary N) is 1. The van der Waals surface area contributed by atoms with Crippen LogP contribution in [0.1, 0.15) is 49.4 Å². The molecule has 8 heteroatoms. The second-order valence-electron chi connectivity index (χ2n) is 9.51. The number of guanidine groups is 1. The number of oxazole rings is 1. The third kappa shape index (κ3) is 6.81. The monoisotopic (exact) mass is 544 g/mol. The van der Waals surface area contributed by atoms with E-state index in [1.165, 1.54) is 51.7 Å². The molecule has 7 nitrogen and oxygen atoms in total. The molecule has 4 rings (SSSR count). The number of likely N-dealkylation sites (tertiary alicyclic amines) is 3. The van der Waals surface area contributed by atoms with Crippen molar-refractivity contribution in [1.29, 1.82) is 0 Å². The molecule has 1 aromatic rings. The molecule has 3 fully saturated rings. The van der Waals surface area contributed by atoms with Crippen LogP contribution in [0, 0.1) is 25.7 Å². The van der Waals surface area contributed by atoms with Crippen molar-refractivity contribution in [3.8, 4) is 0 Å². The lowest BCUT2D eigenvalue weighted by atomic mass is 9.97. The van der Waals surface area contributed by atoms with E-state index in [9.17, 15) is 0 Å². The van der Waals surface area contributed by atoms with Crippen LogP contribution in [-0.2, 0) is 6.54 Å². The molecule has 1 unspecified atom stereocenters. The number of nitrogens with zero attached hydrogens (tertiary/aromatic N) is 5. The van der Waals surface area contributed by atoms with Gasteiger partial charge in [0.2, 0.25) is 5.89 Å². The lowest BCUT2D eigenvalue weighted by Crippen LogP contribution is -2.44. The summed E-state index contributed by atoms with van der Waals surface area (Å²) in [5, 5.41) is 3.68. The van der Waals surface area contributed by atoms with Crippen LogP contribution in [0.4, 0.5) is 0 Å². The molecule has 0 bridgehead atoms. The molecule has 3 saturated heterocycles. The molecule has 0 spiro atoms. The van der Waals surface area contributed by atoms with Crippen LogP contribution in [-0.4, -0.2) is 85.0 Å². The minimum Gasteiger partial charge on any atom is -0.444 e. The number of halogens is 1. The molecule has 4 heterocycles. The van der Waals surface area contributed by atoms with E-state index in [0.29, 0.717) is 5.92 Å². The molecule has 0 aromatic carbocycles. The average Bonchev–Trinajstić information content (AvgIpc) is 3.48. The molecule has 3 aliphatic rings. The van der Waals surface area contributed by atoms with Crippen molar-refractivity contribution in [2.45, 2.75) is 52.5 Å². The topological polar surface area (TPSA) is 60.1 Å². The van der Waals surface area contributed by atoms with Crippen molar-refractivity contribution in [1.82, 2.24) is 25.0 Å². The van der Waals surface area contributed by atoms with Gasteiger partial charge in [-0.05, 0) is 84.0 Å². The molecule has 0 aliphatic carbocycles. The van der Waals surface area contributed by atoms with Crippen LogP contribution in [0.25, 0.3) is 0 Å². The summed E-state index contributed by atoms with van der Waals surface area (Å²) in [4.78, 5) is 16.7. The Morgan fingerprint density at radius 2 is 1.74 bits per heavy atom. The fourth-order valence-electron chi connectivity index (χ4n) is 5.22. The first kappa shape index (κ1) is 24.8. The average molecular weight is 545 g/mol. The Hall–Kier alpha value is -0.870. The summed E-state index contributed by atoms with van der Waals surface area (Å²) in [7, 11) is 1.93. The Kier molecular flexibility index (Phi) is 9.46. The number of hydrogen-bond donors (Lipinski definition) is 1. The molecule has 1 N–H and O–H groups in total. The molecular weight excluding hydrogens is 503 g/mol. The normalized spacial score (nSPS) is 24.0. The van der Waals surface area contributed by atoms with Gasteiger partial charge in [-0.1, -0.05) is 0 Å². The Labute approximate surface area is 205 Å². The standard InChI is InChI=1S/C23H40N6O.HI/c1-18-19(2)30-22(26-18)17-28-11-6-20(7-12-28)14-25-23(24-3)29-13-8-21(16-29)15-27-9-4-5-10-27;/h20-21H,4-17H2,1-3H3,(H,24,25);1H. The molecule has 176 valence electrons. The number of rotatable bonds is 6. The number of hydrogen-bond acceptors (Lipinski definition) is 5. The van der Waals surface area contributed by atoms with Gasteiger partial charge in [-0.15, -0.1) is 24.0 Å². The summed E-state index contributed by atoms with van der Waals surface area (Å²) in [5.41, 5.74) is 1.01. The molecule has 1 aromatic heterocycles. The van der Waals surface area contributed by atoms with Gasteiger partial charge in [0.05, 0.1) is 12.2 Å². The maximum atomic E-state index is 5.76. The molecule has 0 radical (unpaired) electrons. The van der Waals surface area contributed by atoms with Crippen LogP contribution in [0.2, 0.25) is 0 Å². The molecule has 0 saturated carbocycles. The summed E-state index contributed by atoms with van der Waals surface area (Å²) in [5.74, 6) is 4.42. The zero-order valence-corrected chi connectivity index (χ0v) is 21.9. The van der Waals surface area contributed by atoms with Gasteiger partial charge < -0.3 is 19.5 Å². The van der Waals surface area contributed by atoms with E-state index in [1.807, 2.05) is 20.9 Å². The van der Waals surface area contributed by atoms with Crippen LogP contribution < -0.4 is 5.32 Å². The Balaban J connectivity index is 0.00000272. The minimum atomic E-state index is 0. The van der Waals surface area contributed by atoms with Crippen LogP contribution >= 0.6 is 24.0 Å². The predicted octanol–water partition coefficient (Wildman–Crippen LogP) is 3.11. The van der Waals surface area contributed by atoms with Crippen molar-refractivity contribution in [3.63, 3.8) is 0 Å². The Morgan fingerprint density at radius 1 is 1.03 bits per heavy atom. The van der Waals surface area contributed by atoms with E-state index in [-0.39, 0.29) is 24.0 Å². The van der Waals surface area contributed by atoms with Gasteiger partial charge >= 0.3 is 0 Å². The van der Waals surface area contributed by atoms with E-state index < -0.39 is 0 Å². The molecule has 0 amide bonds. The number of aromatic nitrogens is 1.